The molecule has 1 aliphatic heterocycles. The van der Waals surface area contributed by atoms with Crippen LogP contribution >= 0.6 is 0 Å². The third kappa shape index (κ3) is 3.30. The molecule has 1 saturated heterocycles. The van der Waals surface area contributed by atoms with Crippen molar-refractivity contribution in [2.75, 3.05) is 13.2 Å². The van der Waals surface area contributed by atoms with Crippen LogP contribution in [-0.2, 0) is 4.74 Å². The van der Waals surface area contributed by atoms with Crippen molar-refractivity contribution in [2.24, 2.45) is 0 Å². The molecule has 0 aliphatic carbocycles. The summed E-state index contributed by atoms with van der Waals surface area (Å²) < 4.78 is 11.3. The highest BCUT2D eigenvalue weighted by molar-refractivity contribution is 5.75. The molecule has 1 atom stereocenters. The number of benzene rings is 1. The Hall–Kier alpha value is -1.35. The summed E-state index contributed by atoms with van der Waals surface area (Å²) in [6.07, 6.45) is 4.52. The second kappa shape index (κ2) is 5.82. The van der Waals surface area contributed by atoms with Crippen molar-refractivity contribution >= 4 is 6.29 Å². The van der Waals surface area contributed by atoms with E-state index in [4.69, 9.17) is 9.47 Å². The van der Waals surface area contributed by atoms with E-state index in [0.717, 1.165) is 37.0 Å². The number of hydrogen-bond acceptors (Lipinski definition) is 3. The molecule has 1 aromatic rings. The van der Waals surface area contributed by atoms with Crippen LogP contribution in [0.5, 0.6) is 5.75 Å². The number of carbonyl (C=O) groups excluding carboxylic acids is 1. The molecule has 3 nitrogen and oxygen atoms in total. The quantitative estimate of drug-likeness (QED) is 0.751. The normalized spacial score (nSPS) is 19.9. The van der Waals surface area contributed by atoms with E-state index in [1.54, 1.807) is 6.07 Å². The fourth-order valence-corrected chi connectivity index (χ4v) is 2.03. The maximum atomic E-state index is 10.6. The lowest BCUT2D eigenvalue weighted by Crippen LogP contribution is -2.25. The Labute approximate surface area is 102 Å². The van der Waals surface area contributed by atoms with Gasteiger partial charge >= 0.3 is 0 Å². The zero-order chi connectivity index (χ0) is 12.1. The molecule has 0 amide bonds. The van der Waals surface area contributed by atoms with Gasteiger partial charge in [-0.1, -0.05) is 0 Å². The van der Waals surface area contributed by atoms with E-state index in [1.165, 1.54) is 6.42 Å². The van der Waals surface area contributed by atoms with Gasteiger partial charge in [0.05, 0.1) is 6.10 Å². The highest BCUT2D eigenvalue weighted by Gasteiger charge is 2.14. The van der Waals surface area contributed by atoms with Crippen LogP contribution in [0, 0.1) is 6.92 Å². The van der Waals surface area contributed by atoms with Gasteiger partial charge in [0.25, 0.3) is 0 Å². The Kier molecular flexibility index (Phi) is 4.15. The van der Waals surface area contributed by atoms with Gasteiger partial charge in [0.1, 0.15) is 18.6 Å². The Morgan fingerprint density at radius 2 is 2.35 bits per heavy atom. The van der Waals surface area contributed by atoms with Crippen molar-refractivity contribution in [1.29, 1.82) is 0 Å². The van der Waals surface area contributed by atoms with Gasteiger partial charge in [-0.25, -0.2) is 0 Å². The van der Waals surface area contributed by atoms with Crippen molar-refractivity contribution in [3.05, 3.63) is 29.3 Å². The van der Waals surface area contributed by atoms with Crippen LogP contribution in [0.4, 0.5) is 0 Å². The fourth-order valence-electron chi connectivity index (χ4n) is 2.03. The molecule has 1 unspecified atom stereocenters. The summed E-state index contributed by atoms with van der Waals surface area (Å²) in [5.74, 6) is 0.838. The molecule has 0 saturated carbocycles. The van der Waals surface area contributed by atoms with Crippen LogP contribution < -0.4 is 4.74 Å². The molecule has 3 heteroatoms. The highest BCUT2D eigenvalue weighted by Crippen LogP contribution is 2.20. The molecule has 0 radical (unpaired) electrons. The molecule has 0 spiro atoms. The van der Waals surface area contributed by atoms with Crippen molar-refractivity contribution in [3.8, 4) is 5.75 Å². The third-order valence-electron chi connectivity index (χ3n) is 3.03. The standard InChI is InChI=1S/C14H18O3/c1-11-8-12(9-15)5-6-14(11)17-10-13-4-2-3-7-16-13/h5-6,8-9,13H,2-4,7,10H2,1H3. The second-order valence-corrected chi connectivity index (χ2v) is 4.44. The van der Waals surface area contributed by atoms with Crippen LogP contribution in [0.3, 0.4) is 0 Å². The van der Waals surface area contributed by atoms with Gasteiger partial charge in [-0.05, 0) is 49.9 Å². The highest BCUT2D eigenvalue weighted by atomic mass is 16.5. The van der Waals surface area contributed by atoms with Crippen LogP contribution in [-0.4, -0.2) is 25.6 Å². The van der Waals surface area contributed by atoms with Crippen LogP contribution in [0.1, 0.15) is 35.2 Å². The molecular weight excluding hydrogens is 216 g/mol. The topological polar surface area (TPSA) is 35.5 Å². The van der Waals surface area contributed by atoms with Gasteiger partial charge in [0.15, 0.2) is 0 Å². The summed E-state index contributed by atoms with van der Waals surface area (Å²) in [6, 6.07) is 5.46. The van der Waals surface area contributed by atoms with Crippen molar-refractivity contribution < 1.29 is 14.3 Å². The van der Waals surface area contributed by atoms with E-state index in [9.17, 15) is 4.79 Å². The number of aryl methyl sites for hydroxylation is 1. The van der Waals surface area contributed by atoms with Gasteiger partial charge in [0, 0.05) is 12.2 Å². The Morgan fingerprint density at radius 1 is 1.47 bits per heavy atom. The zero-order valence-corrected chi connectivity index (χ0v) is 10.1. The predicted octanol–water partition coefficient (Wildman–Crippen LogP) is 2.76. The summed E-state index contributed by atoms with van der Waals surface area (Å²) in [5, 5.41) is 0. The maximum Gasteiger partial charge on any atom is 0.150 e. The number of carbonyl (C=O) groups is 1. The lowest BCUT2D eigenvalue weighted by Gasteiger charge is -2.23. The molecule has 0 N–H and O–H groups in total. The van der Waals surface area contributed by atoms with E-state index < -0.39 is 0 Å². The van der Waals surface area contributed by atoms with Crippen molar-refractivity contribution in [1.82, 2.24) is 0 Å². The van der Waals surface area contributed by atoms with Crippen LogP contribution in [0.15, 0.2) is 18.2 Å². The summed E-state index contributed by atoms with van der Waals surface area (Å²) in [5.41, 5.74) is 1.68. The first-order valence-electron chi connectivity index (χ1n) is 6.10. The average Bonchev–Trinajstić information content (AvgIpc) is 2.38. The number of aldehydes is 1. The van der Waals surface area contributed by atoms with Gasteiger partial charge < -0.3 is 9.47 Å². The molecule has 1 aromatic carbocycles. The average molecular weight is 234 g/mol. The molecule has 0 bridgehead atoms. The molecule has 2 rings (SSSR count). The molecule has 1 heterocycles. The van der Waals surface area contributed by atoms with E-state index in [0.29, 0.717) is 12.2 Å². The van der Waals surface area contributed by atoms with E-state index in [-0.39, 0.29) is 6.10 Å². The molecule has 1 fully saturated rings. The molecule has 0 aromatic heterocycles. The molecular formula is C14H18O3. The molecule has 1 aliphatic rings. The monoisotopic (exact) mass is 234 g/mol. The summed E-state index contributed by atoms with van der Waals surface area (Å²) in [6.45, 7) is 3.39. The Morgan fingerprint density at radius 3 is 3.00 bits per heavy atom. The number of ether oxygens (including phenoxy) is 2. The van der Waals surface area contributed by atoms with E-state index in [1.807, 2.05) is 19.1 Å². The minimum absolute atomic E-state index is 0.217. The van der Waals surface area contributed by atoms with Gasteiger partial charge in [-0.15, -0.1) is 0 Å². The summed E-state index contributed by atoms with van der Waals surface area (Å²) in [4.78, 5) is 10.6. The minimum atomic E-state index is 0.217. The van der Waals surface area contributed by atoms with Crippen molar-refractivity contribution in [3.63, 3.8) is 0 Å². The lowest BCUT2D eigenvalue weighted by molar-refractivity contribution is -0.0111. The predicted molar refractivity (Wildman–Crippen MR) is 65.7 cm³/mol. The first kappa shape index (κ1) is 12.1. The third-order valence-corrected chi connectivity index (χ3v) is 3.03. The van der Waals surface area contributed by atoms with Gasteiger partial charge in [-0.2, -0.15) is 0 Å². The number of rotatable bonds is 4. The first-order valence-corrected chi connectivity index (χ1v) is 6.10. The smallest absolute Gasteiger partial charge is 0.150 e. The van der Waals surface area contributed by atoms with Crippen LogP contribution in [0.2, 0.25) is 0 Å². The molecule has 92 valence electrons. The zero-order valence-electron chi connectivity index (χ0n) is 10.1. The first-order chi connectivity index (χ1) is 8.29. The van der Waals surface area contributed by atoms with Crippen LogP contribution in [0.25, 0.3) is 0 Å². The summed E-state index contributed by atoms with van der Waals surface area (Å²) in [7, 11) is 0. The maximum absolute atomic E-state index is 10.6. The van der Waals surface area contributed by atoms with Gasteiger partial charge in [0.2, 0.25) is 0 Å². The molecule has 17 heavy (non-hydrogen) atoms. The van der Waals surface area contributed by atoms with E-state index in [2.05, 4.69) is 0 Å². The number of hydrogen-bond donors (Lipinski definition) is 0. The second-order valence-electron chi connectivity index (χ2n) is 4.44. The van der Waals surface area contributed by atoms with E-state index >= 15 is 0 Å². The summed E-state index contributed by atoms with van der Waals surface area (Å²) >= 11 is 0. The Bertz CT molecular complexity index is 381. The SMILES string of the molecule is Cc1cc(C=O)ccc1OCC1CCCCO1. The van der Waals surface area contributed by atoms with Crippen molar-refractivity contribution in [2.45, 2.75) is 32.3 Å². The fraction of sp³-hybridized carbons (Fsp3) is 0.500. The largest absolute Gasteiger partial charge is 0.491 e. The Balaban J connectivity index is 1.91. The van der Waals surface area contributed by atoms with Gasteiger partial charge in [-0.3, -0.25) is 4.79 Å². The lowest BCUT2D eigenvalue weighted by atomic mass is 10.1. The minimum Gasteiger partial charge on any atom is -0.491 e.